The van der Waals surface area contributed by atoms with Crippen LogP contribution in [0.25, 0.3) is 11.0 Å². The Hall–Kier alpha value is -1.36. The molecule has 0 amide bonds. The van der Waals surface area contributed by atoms with Crippen molar-refractivity contribution >= 4 is 33.2 Å². The Morgan fingerprint density at radius 2 is 2.21 bits per heavy atom. The molecule has 1 N–H and O–H groups in total. The van der Waals surface area contributed by atoms with E-state index in [2.05, 4.69) is 20.9 Å². The lowest BCUT2D eigenvalue weighted by atomic mass is 10.2. The highest BCUT2D eigenvalue weighted by Crippen LogP contribution is 2.20. The molecule has 0 aliphatic carbocycles. The molecule has 0 aliphatic rings. The number of nitrogens with zero attached hydrogens (tertiary/aromatic N) is 1. The Morgan fingerprint density at radius 1 is 1.50 bits per heavy atom. The molecule has 2 aromatic rings. The highest BCUT2D eigenvalue weighted by Gasteiger charge is 2.06. The van der Waals surface area contributed by atoms with Gasteiger partial charge in [0, 0.05) is 17.1 Å². The lowest BCUT2D eigenvalue weighted by Gasteiger charge is -1.97. The minimum atomic E-state index is -0.185. The quantitative estimate of drug-likeness (QED) is 0.784. The maximum Gasteiger partial charge on any atom is 0.326 e. The number of H-pyrrole nitrogens is 1. The Balaban J connectivity index is 2.93. The van der Waals surface area contributed by atoms with Crippen LogP contribution in [0.3, 0.4) is 0 Å². The van der Waals surface area contributed by atoms with Gasteiger partial charge in [-0.2, -0.15) is 0 Å². The smallest absolute Gasteiger partial charge is 0.306 e. The van der Waals surface area contributed by atoms with Crippen LogP contribution in [0.2, 0.25) is 0 Å². The topological polar surface area (TPSA) is 54.9 Å². The van der Waals surface area contributed by atoms with E-state index in [1.54, 1.807) is 19.2 Å². The Bertz CT molecular complexity index is 568. The molecule has 4 nitrogen and oxygen atoms in total. The average molecular weight is 255 g/mol. The molecule has 0 spiro atoms. The third-order valence-corrected chi connectivity index (χ3v) is 2.84. The van der Waals surface area contributed by atoms with Gasteiger partial charge in [-0.25, -0.2) is 4.79 Å². The van der Waals surface area contributed by atoms with Crippen molar-refractivity contribution in [3.8, 4) is 0 Å². The molecular weight excluding hydrogens is 248 g/mol. The second kappa shape index (κ2) is 3.09. The first-order valence-electron chi connectivity index (χ1n) is 3.97. The van der Waals surface area contributed by atoms with Gasteiger partial charge in [0.05, 0.1) is 11.0 Å². The first-order valence-corrected chi connectivity index (χ1v) is 4.76. The van der Waals surface area contributed by atoms with Gasteiger partial charge in [-0.05, 0) is 28.1 Å². The second-order valence-electron chi connectivity index (χ2n) is 3.00. The monoisotopic (exact) mass is 254 g/mol. The third-order valence-electron chi connectivity index (χ3n) is 2.15. The number of aldehydes is 1. The number of aromatic amines is 1. The summed E-state index contributed by atoms with van der Waals surface area (Å²) >= 11 is 3.25. The van der Waals surface area contributed by atoms with Crippen LogP contribution < -0.4 is 5.69 Å². The molecular formula is C9H7BrN2O2. The molecule has 72 valence electrons. The van der Waals surface area contributed by atoms with Crippen LogP contribution in [0.5, 0.6) is 0 Å². The summed E-state index contributed by atoms with van der Waals surface area (Å²) in [5.41, 5.74) is 1.79. The van der Waals surface area contributed by atoms with Crippen molar-refractivity contribution in [1.82, 2.24) is 9.55 Å². The predicted molar refractivity (Wildman–Crippen MR) is 56.6 cm³/mol. The van der Waals surface area contributed by atoms with Gasteiger partial charge in [0.15, 0.2) is 6.29 Å². The Morgan fingerprint density at radius 3 is 2.86 bits per heavy atom. The van der Waals surface area contributed by atoms with Crippen molar-refractivity contribution < 1.29 is 4.79 Å². The fourth-order valence-electron chi connectivity index (χ4n) is 1.35. The zero-order valence-electron chi connectivity index (χ0n) is 7.37. The van der Waals surface area contributed by atoms with E-state index < -0.39 is 0 Å². The van der Waals surface area contributed by atoms with Gasteiger partial charge in [-0.3, -0.25) is 9.36 Å². The van der Waals surface area contributed by atoms with E-state index in [1.165, 1.54) is 4.57 Å². The van der Waals surface area contributed by atoms with Gasteiger partial charge in [0.1, 0.15) is 0 Å². The molecule has 5 heteroatoms. The summed E-state index contributed by atoms with van der Waals surface area (Å²) in [7, 11) is 1.66. The number of hydrogen-bond acceptors (Lipinski definition) is 2. The summed E-state index contributed by atoms with van der Waals surface area (Å²) in [6.07, 6.45) is 0.751. The molecule has 0 aliphatic heterocycles. The number of hydrogen-bond donors (Lipinski definition) is 1. The SMILES string of the molecule is Cn1c(=O)[nH]c2cc(Br)c(C=O)cc21. The van der Waals surface area contributed by atoms with Crippen LogP contribution in [-0.4, -0.2) is 15.8 Å². The largest absolute Gasteiger partial charge is 0.326 e. The molecule has 1 aromatic carbocycles. The predicted octanol–water partition coefficient (Wildman–Crippen LogP) is 1.44. The standard InChI is InChI=1S/C9H7BrN2O2/c1-12-8-2-5(4-13)6(10)3-7(8)11-9(12)14/h2-4H,1H3,(H,11,14). The summed E-state index contributed by atoms with van der Waals surface area (Å²) in [5.74, 6) is 0. The van der Waals surface area contributed by atoms with E-state index in [9.17, 15) is 9.59 Å². The molecule has 0 bridgehead atoms. The number of nitrogens with one attached hydrogen (secondary N) is 1. The lowest BCUT2D eigenvalue weighted by molar-refractivity contribution is 0.112. The van der Waals surface area contributed by atoms with Crippen molar-refractivity contribution in [3.63, 3.8) is 0 Å². The fourth-order valence-corrected chi connectivity index (χ4v) is 1.79. The molecule has 0 saturated carbocycles. The Labute approximate surface area is 87.7 Å². The molecule has 0 fully saturated rings. The second-order valence-corrected chi connectivity index (χ2v) is 3.85. The summed E-state index contributed by atoms with van der Waals surface area (Å²) in [6, 6.07) is 3.39. The van der Waals surface area contributed by atoms with E-state index >= 15 is 0 Å². The molecule has 14 heavy (non-hydrogen) atoms. The van der Waals surface area contributed by atoms with Gasteiger partial charge >= 0.3 is 5.69 Å². The summed E-state index contributed by atoms with van der Waals surface area (Å²) in [5, 5.41) is 0. The molecule has 1 heterocycles. The van der Waals surface area contributed by atoms with Gasteiger partial charge in [0.2, 0.25) is 0 Å². The van der Waals surface area contributed by atoms with E-state index in [-0.39, 0.29) is 5.69 Å². The van der Waals surface area contributed by atoms with Gasteiger partial charge < -0.3 is 4.98 Å². The summed E-state index contributed by atoms with van der Waals surface area (Å²) < 4.78 is 2.15. The number of rotatable bonds is 1. The molecule has 0 atom stereocenters. The number of imidazole rings is 1. The molecule has 2 rings (SSSR count). The zero-order chi connectivity index (χ0) is 10.3. The highest BCUT2D eigenvalue weighted by atomic mass is 79.9. The maximum absolute atomic E-state index is 11.3. The number of aromatic nitrogens is 2. The fraction of sp³-hybridized carbons (Fsp3) is 0.111. The van der Waals surface area contributed by atoms with Crippen LogP contribution in [0.1, 0.15) is 10.4 Å². The van der Waals surface area contributed by atoms with Crippen molar-refractivity contribution in [1.29, 1.82) is 0 Å². The van der Waals surface area contributed by atoms with Crippen molar-refractivity contribution in [2.75, 3.05) is 0 Å². The first kappa shape index (κ1) is 9.21. The Kier molecular flexibility index (Phi) is 2.03. The molecule has 1 aromatic heterocycles. The van der Waals surface area contributed by atoms with Gasteiger partial charge in [-0.15, -0.1) is 0 Å². The number of aryl methyl sites for hydroxylation is 1. The minimum absolute atomic E-state index is 0.185. The van der Waals surface area contributed by atoms with Gasteiger partial charge in [0.25, 0.3) is 0 Å². The summed E-state index contributed by atoms with van der Waals surface area (Å²) in [4.78, 5) is 24.6. The van der Waals surface area contributed by atoms with E-state index in [0.717, 1.165) is 17.3 Å². The average Bonchev–Trinajstić information content (AvgIpc) is 2.41. The highest BCUT2D eigenvalue weighted by molar-refractivity contribution is 9.10. The van der Waals surface area contributed by atoms with Crippen LogP contribution in [0.4, 0.5) is 0 Å². The number of fused-ring (bicyclic) bond motifs is 1. The van der Waals surface area contributed by atoms with E-state index in [1.807, 2.05) is 0 Å². The van der Waals surface area contributed by atoms with Crippen molar-refractivity contribution in [3.05, 3.63) is 32.7 Å². The molecule has 0 saturated heterocycles. The summed E-state index contributed by atoms with van der Waals surface area (Å²) in [6.45, 7) is 0. The number of carbonyl (C=O) groups is 1. The van der Waals surface area contributed by atoms with E-state index in [0.29, 0.717) is 10.0 Å². The van der Waals surface area contributed by atoms with Crippen LogP contribution in [0, 0.1) is 0 Å². The van der Waals surface area contributed by atoms with E-state index in [4.69, 9.17) is 0 Å². The normalized spacial score (nSPS) is 10.7. The minimum Gasteiger partial charge on any atom is -0.306 e. The first-order chi connectivity index (χ1) is 6.63. The maximum atomic E-state index is 11.3. The molecule has 0 radical (unpaired) electrons. The molecule has 0 unspecified atom stereocenters. The van der Waals surface area contributed by atoms with Crippen molar-refractivity contribution in [2.24, 2.45) is 7.05 Å². The van der Waals surface area contributed by atoms with Crippen molar-refractivity contribution in [2.45, 2.75) is 0 Å². The van der Waals surface area contributed by atoms with Crippen LogP contribution in [0.15, 0.2) is 21.4 Å². The van der Waals surface area contributed by atoms with Crippen LogP contribution >= 0.6 is 15.9 Å². The number of benzene rings is 1. The van der Waals surface area contributed by atoms with Gasteiger partial charge in [-0.1, -0.05) is 0 Å². The third kappa shape index (κ3) is 1.21. The lowest BCUT2D eigenvalue weighted by Crippen LogP contribution is -2.11. The van der Waals surface area contributed by atoms with Crippen LogP contribution in [-0.2, 0) is 7.05 Å². The zero-order valence-corrected chi connectivity index (χ0v) is 8.96. The number of halogens is 1. The number of carbonyl (C=O) groups excluding carboxylic acids is 1.